The van der Waals surface area contributed by atoms with Crippen LogP contribution in [-0.4, -0.2) is 38.6 Å². The molecule has 1 aromatic carbocycles. The summed E-state index contributed by atoms with van der Waals surface area (Å²) in [6, 6.07) is 8.04. The summed E-state index contributed by atoms with van der Waals surface area (Å²) in [7, 11) is 1.66. The lowest BCUT2D eigenvalue weighted by molar-refractivity contribution is 0.0673. The minimum absolute atomic E-state index is 0.167. The molecule has 0 spiro atoms. The van der Waals surface area contributed by atoms with Gasteiger partial charge in [-0.25, -0.2) is 0 Å². The van der Waals surface area contributed by atoms with Crippen LogP contribution in [0.5, 0.6) is 0 Å². The van der Waals surface area contributed by atoms with E-state index in [9.17, 15) is 5.11 Å². The van der Waals surface area contributed by atoms with E-state index in [0.29, 0.717) is 19.8 Å². The highest BCUT2D eigenvalue weighted by Crippen LogP contribution is 2.27. The van der Waals surface area contributed by atoms with Crippen molar-refractivity contribution in [1.29, 1.82) is 0 Å². The summed E-state index contributed by atoms with van der Waals surface area (Å²) in [6.07, 6.45) is 1.86. The van der Waals surface area contributed by atoms with E-state index in [4.69, 9.17) is 9.47 Å². The van der Waals surface area contributed by atoms with Gasteiger partial charge in [0, 0.05) is 30.7 Å². The number of hydrogen-bond acceptors (Lipinski definition) is 3. The van der Waals surface area contributed by atoms with Crippen molar-refractivity contribution >= 4 is 15.9 Å². The third kappa shape index (κ3) is 5.48. The molecule has 3 nitrogen and oxygen atoms in total. The van der Waals surface area contributed by atoms with Crippen molar-refractivity contribution in [1.82, 2.24) is 0 Å². The largest absolute Gasteiger partial charge is 0.396 e. The molecule has 1 atom stereocenters. The van der Waals surface area contributed by atoms with E-state index >= 15 is 0 Å². The minimum Gasteiger partial charge on any atom is -0.396 e. The fourth-order valence-corrected chi connectivity index (χ4v) is 2.44. The highest BCUT2D eigenvalue weighted by atomic mass is 79.9. The molecule has 0 saturated heterocycles. The Kier molecular flexibility index (Phi) is 8.25. The molecule has 0 aliphatic rings. The third-order valence-corrected chi connectivity index (χ3v) is 3.56. The molecule has 0 aliphatic carbocycles. The predicted molar refractivity (Wildman–Crippen MR) is 75.9 cm³/mol. The normalized spacial score (nSPS) is 12.6. The van der Waals surface area contributed by atoms with Gasteiger partial charge in [-0.05, 0) is 24.5 Å². The second-order valence-corrected chi connectivity index (χ2v) is 5.00. The number of methoxy groups -OCH3 is 1. The minimum atomic E-state index is 0.167. The van der Waals surface area contributed by atoms with Gasteiger partial charge in [0.25, 0.3) is 0 Å². The summed E-state index contributed by atoms with van der Waals surface area (Å²) in [5.41, 5.74) is 1.16. The van der Waals surface area contributed by atoms with Gasteiger partial charge >= 0.3 is 0 Å². The van der Waals surface area contributed by atoms with E-state index in [2.05, 4.69) is 22.0 Å². The molecule has 0 bridgehead atoms. The van der Waals surface area contributed by atoms with Gasteiger partial charge in [-0.3, -0.25) is 0 Å². The van der Waals surface area contributed by atoms with Crippen LogP contribution in [0.2, 0.25) is 0 Å². The Morgan fingerprint density at radius 1 is 1.22 bits per heavy atom. The van der Waals surface area contributed by atoms with Gasteiger partial charge in [-0.1, -0.05) is 34.1 Å². The number of hydrogen-bond donors (Lipinski definition) is 1. The monoisotopic (exact) mass is 316 g/mol. The lowest BCUT2D eigenvalue weighted by Crippen LogP contribution is -2.08. The van der Waals surface area contributed by atoms with E-state index in [0.717, 1.165) is 22.9 Å². The Balaban J connectivity index is 2.32. The van der Waals surface area contributed by atoms with Crippen LogP contribution < -0.4 is 0 Å². The first kappa shape index (κ1) is 15.6. The maximum absolute atomic E-state index is 9.46. The molecule has 1 unspecified atom stereocenters. The fraction of sp³-hybridized carbons (Fsp3) is 0.571. The van der Waals surface area contributed by atoms with Gasteiger partial charge in [0.1, 0.15) is 0 Å². The summed E-state index contributed by atoms with van der Waals surface area (Å²) in [5.74, 6) is 0.173. The molecule has 102 valence electrons. The van der Waals surface area contributed by atoms with Crippen molar-refractivity contribution in [3.8, 4) is 0 Å². The predicted octanol–water partition coefficient (Wildman–Crippen LogP) is 2.97. The van der Waals surface area contributed by atoms with Crippen LogP contribution in [0.1, 0.15) is 24.3 Å². The molecule has 0 amide bonds. The Labute approximate surface area is 117 Å². The molecule has 1 aromatic rings. The summed E-state index contributed by atoms with van der Waals surface area (Å²) >= 11 is 3.52. The summed E-state index contributed by atoms with van der Waals surface area (Å²) in [6.45, 7) is 2.15. The van der Waals surface area contributed by atoms with Gasteiger partial charge in [-0.2, -0.15) is 0 Å². The number of ether oxygens (including phenoxy) is 2. The number of halogens is 1. The fourth-order valence-electron chi connectivity index (χ4n) is 1.83. The van der Waals surface area contributed by atoms with Crippen LogP contribution >= 0.6 is 15.9 Å². The lowest BCUT2D eigenvalue weighted by atomic mass is 9.95. The van der Waals surface area contributed by atoms with Crippen LogP contribution in [0.3, 0.4) is 0 Å². The first-order valence-electron chi connectivity index (χ1n) is 6.21. The Bertz CT molecular complexity index is 331. The average molecular weight is 317 g/mol. The first-order chi connectivity index (χ1) is 8.79. The second kappa shape index (κ2) is 9.50. The molecule has 0 saturated carbocycles. The van der Waals surface area contributed by atoms with Gasteiger partial charge in [0.2, 0.25) is 0 Å². The lowest BCUT2D eigenvalue weighted by Gasteiger charge is -2.16. The second-order valence-electron chi connectivity index (χ2n) is 4.15. The zero-order valence-corrected chi connectivity index (χ0v) is 12.4. The highest BCUT2D eigenvalue weighted by molar-refractivity contribution is 9.10. The molecule has 0 radical (unpaired) electrons. The van der Waals surface area contributed by atoms with Crippen LogP contribution in [0.15, 0.2) is 28.7 Å². The smallest absolute Gasteiger partial charge is 0.0700 e. The standard InChI is InChI=1S/C14H21BrO3/c1-17-9-10-18-8-4-5-12(11-16)13-6-2-3-7-14(13)15/h2-3,6-7,12,16H,4-5,8-11H2,1H3. The summed E-state index contributed by atoms with van der Waals surface area (Å²) in [5, 5.41) is 9.46. The van der Waals surface area contributed by atoms with Gasteiger partial charge in [0.05, 0.1) is 13.2 Å². The summed E-state index contributed by atoms with van der Waals surface area (Å²) in [4.78, 5) is 0. The Morgan fingerprint density at radius 2 is 2.00 bits per heavy atom. The molecular weight excluding hydrogens is 296 g/mol. The molecule has 1 N–H and O–H groups in total. The van der Waals surface area contributed by atoms with Gasteiger partial charge in [-0.15, -0.1) is 0 Å². The van der Waals surface area contributed by atoms with Crippen molar-refractivity contribution in [3.05, 3.63) is 34.3 Å². The van der Waals surface area contributed by atoms with E-state index in [1.165, 1.54) is 0 Å². The van der Waals surface area contributed by atoms with Gasteiger partial charge in [0.15, 0.2) is 0 Å². The van der Waals surface area contributed by atoms with E-state index in [-0.39, 0.29) is 12.5 Å². The van der Waals surface area contributed by atoms with Crippen LogP contribution in [-0.2, 0) is 9.47 Å². The molecular formula is C14H21BrO3. The SMILES string of the molecule is COCCOCCCC(CO)c1ccccc1Br. The molecule has 0 aliphatic heterocycles. The van der Waals surface area contributed by atoms with E-state index < -0.39 is 0 Å². The summed E-state index contributed by atoms with van der Waals surface area (Å²) < 4.78 is 11.4. The Morgan fingerprint density at radius 3 is 2.67 bits per heavy atom. The van der Waals surface area contributed by atoms with Crippen molar-refractivity contribution in [2.75, 3.05) is 33.5 Å². The van der Waals surface area contributed by atoms with Crippen LogP contribution in [0.4, 0.5) is 0 Å². The zero-order valence-electron chi connectivity index (χ0n) is 10.8. The number of rotatable bonds is 9. The first-order valence-corrected chi connectivity index (χ1v) is 7.01. The molecule has 0 heterocycles. The van der Waals surface area contributed by atoms with Crippen LogP contribution in [0, 0.1) is 0 Å². The third-order valence-electron chi connectivity index (χ3n) is 2.84. The van der Waals surface area contributed by atoms with Crippen molar-refractivity contribution in [3.63, 3.8) is 0 Å². The highest BCUT2D eigenvalue weighted by Gasteiger charge is 2.12. The van der Waals surface area contributed by atoms with Crippen molar-refractivity contribution in [2.24, 2.45) is 0 Å². The molecule has 18 heavy (non-hydrogen) atoms. The molecule has 0 aromatic heterocycles. The number of aliphatic hydroxyl groups is 1. The van der Waals surface area contributed by atoms with Gasteiger partial charge < -0.3 is 14.6 Å². The average Bonchev–Trinajstić information content (AvgIpc) is 2.39. The number of benzene rings is 1. The molecule has 4 heteroatoms. The molecule has 0 fully saturated rings. The molecule has 1 rings (SSSR count). The van der Waals surface area contributed by atoms with Crippen molar-refractivity contribution in [2.45, 2.75) is 18.8 Å². The van der Waals surface area contributed by atoms with Crippen LogP contribution in [0.25, 0.3) is 0 Å². The van der Waals surface area contributed by atoms with Crippen molar-refractivity contribution < 1.29 is 14.6 Å². The Hall–Kier alpha value is -0.420. The topological polar surface area (TPSA) is 38.7 Å². The van der Waals surface area contributed by atoms with E-state index in [1.54, 1.807) is 7.11 Å². The number of aliphatic hydroxyl groups excluding tert-OH is 1. The van der Waals surface area contributed by atoms with E-state index in [1.807, 2.05) is 18.2 Å². The quantitative estimate of drug-likeness (QED) is 0.712. The zero-order chi connectivity index (χ0) is 13.2. The maximum Gasteiger partial charge on any atom is 0.0700 e. The maximum atomic E-state index is 9.46.